The van der Waals surface area contributed by atoms with Crippen molar-refractivity contribution in [2.24, 2.45) is 0 Å². The summed E-state index contributed by atoms with van der Waals surface area (Å²) in [6.07, 6.45) is -3.41. The SMILES string of the molecule is CN(CCCC(=O)O)C(=O)Nc1ccc(C(F)(F)F)nc1. The molecule has 1 aromatic rings. The maximum absolute atomic E-state index is 12.3. The van der Waals surface area contributed by atoms with Crippen LogP contribution in [0.4, 0.5) is 23.7 Å². The van der Waals surface area contributed by atoms with Crippen LogP contribution in [0.15, 0.2) is 18.3 Å². The van der Waals surface area contributed by atoms with Crippen molar-refractivity contribution < 1.29 is 27.9 Å². The zero-order valence-corrected chi connectivity index (χ0v) is 11.1. The van der Waals surface area contributed by atoms with Crippen molar-refractivity contribution in [2.45, 2.75) is 19.0 Å². The van der Waals surface area contributed by atoms with E-state index in [2.05, 4.69) is 10.3 Å². The lowest BCUT2D eigenvalue weighted by Gasteiger charge is -2.17. The molecule has 0 aliphatic rings. The van der Waals surface area contributed by atoms with Gasteiger partial charge in [0.1, 0.15) is 5.69 Å². The topological polar surface area (TPSA) is 82.5 Å². The van der Waals surface area contributed by atoms with E-state index in [-0.39, 0.29) is 25.1 Å². The number of hydrogen-bond donors (Lipinski definition) is 2. The summed E-state index contributed by atoms with van der Waals surface area (Å²) in [5.41, 5.74) is -0.923. The Labute approximate surface area is 118 Å². The molecule has 1 rings (SSSR count). The van der Waals surface area contributed by atoms with Crippen LogP contribution in [0.3, 0.4) is 0 Å². The maximum Gasteiger partial charge on any atom is 0.433 e. The third-order valence-corrected chi connectivity index (χ3v) is 2.54. The van der Waals surface area contributed by atoms with Crippen LogP contribution < -0.4 is 5.32 Å². The highest BCUT2D eigenvalue weighted by atomic mass is 19.4. The maximum atomic E-state index is 12.3. The number of nitrogens with zero attached hydrogens (tertiary/aromatic N) is 2. The summed E-state index contributed by atoms with van der Waals surface area (Å²) in [6.45, 7) is 0.214. The van der Waals surface area contributed by atoms with Gasteiger partial charge >= 0.3 is 18.2 Å². The number of pyridine rings is 1. The number of hydrogen-bond acceptors (Lipinski definition) is 3. The molecular formula is C12H14F3N3O3. The first-order valence-electron chi connectivity index (χ1n) is 5.97. The highest BCUT2D eigenvalue weighted by Gasteiger charge is 2.32. The predicted molar refractivity (Wildman–Crippen MR) is 67.8 cm³/mol. The Morgan fingerprint density at radius 1 is 1.38 bits per heavy atom. The summed E-state index contributed by atoms with van der Waals surface area (Å²) >= 11 is 0. The van der Waals surface area contributed by atoms with Gasteiger partial charge in [-0.2, -0.15) is 13.2 Å². The van der Waals surface area contributed by atoms with Gasteiger partial charge in [-0.1, -0.05) is 0 Å². The molecular weight excluding hydrogens is 291 g/mol. The molecule has 9 heteroatoms. The minimum Gasteiger partial charge on any atom is -0.481 e. The lowest BCUT2D eigenvalue weighted by atomic mass is 10.3. The molecule has 2 amide bonds. The van der Waals surface area contributed by atoms with Crippen LogP contribution in [0.25, 0.3) is 0 Å². The van der Waals surface area contributed by atoms with Gasteiger partial charge in [0.25, 0.3) is 0 Å². The van der Waals surface area contributed by atoms with Crippen molar-refractivity contribution in [2.75, 3.05) is 18.9 Å². The number of anilines is 1. The molecule has 0 fully saturated rings. The fraction of sp³-hybridized carbons (Fsp3) is 0.417. The molecule has 0 aliphatic carbocycles. The van der Waals surface area contributed by atoms with Crippen molar-refractivity contribution in [1.29, 1.82) is 0 Å². The van der Waals surface area contributed by atoms with Gasteiger partial charge in [-0.25, -0.2) is 9.78 Å². The minimum absolute atomic E-state index is 0.0700. The Hall–Kier alpha value is -2.32. The molecule has 21 heavy (non-hydrogen) atoms. The van der Waals surface area contributed by atoms with E-state index in [4.69, 9.17) is 5.11 Å². The van der Waals surface area contributed by atoms with Gasteiger partial charge in [0, 0.05) is 20.0 Å². The molecule has 6 nitrogen and oxygen atoms in total. The molecule has 0 atom stereocenters. The quantitative estimate of drug-likeness (QED) is 0.875. The number of aliphatic carboxylic acids is 1. The third-order valence-electron chi connectivity index (χ3n) is 2.54. The highest BCUT2D eigenvalue weighted by molar-refractivity contribution is 5.88. The molecule has 0 saturated heterocycles. The number of carboxylic acids is 1. The highest BCUT2D eigenvalue weighted by Crippen LogP contribution is 2.27. The van der Waals surface area contributed by atoms with E-state index in [0.29, 0.717) is 0 Å². The first-order chi connectivity index (χ1) is 9.70. The molecule has 2 N–H and O–H groups in total. The lowest BCUT2D eigenvalue weighted by Crippen LogP contribution is -2.32. The van der Waals surface area contributed by atoms with Crippen LogP contribution in [0.5, 0.6) is 0 Å². The number of amides is 2. The summed E-state index contributed by atoms with van der Waals surface area (Å²) < 4.78 is 36.9. The normalized spacial score (nSPS) is 11.0. The first-order valence-corrected chi connectivity index (χ1v) is 5.97. The number of alkyl halides is 3. The predicted octanol–water partition coefficient (Wildman–Crippen LogP) is 2.43. The van der Waals surface area contributed by atoms with Crippen LogP contribution in [0.1, 0.15) is 18.5 Å². The molecule has 0 saturated carbocycles. The van der Waals surface area contributed by atoms with E-state index in [1.54, 1.807) is 0 Å². The van der Waals surface area contributed by atoms with Crippen molar-refractivity contribution in [3.63, 3.8) is 0 Å². The number of urea groups is 1. The summed E-state index contributed by atoms with van der Waals surface area (Å²) in [5, 5.41) is 10.8. The van der Waals surface area contributed by atoms with Crippen molar-refractivity contribution >= 4 is 17.7 Å². The zero-order chi connectivity index (χ0) is 16.0. The molecule has 116 valence electrons. The van der Waals surface area contributed by atoms with Gasteiger partial charge in [-0.15, -0.1) is 0 Å². The number of carbonyl (C=O) groups excluding carboxylic acids is 1. The van der Waals surface area contributed by atoms with E-state index < -0.39 is 23.9 Å². The van der Waals surface area contributed by atoms with E-state index in [9.17, 15) is 22.8 Å². The molecule has 1 aromatic heterocycles. The average molecular weight is 305 g/mol. The second-order valence-electron chi connectivity index (χ2n) is 4.28. The summed E-state index contributed by atoms with van der Waals surface area (Å²) in [5.74, 6) is -0.962. The molecule has 1 heterocycles. The molecule has 0 spiro atoms. The standard InChI is InChI=1S/C12H14F3N3O3/c1-18(6-2-3-10(19)20)11(21)17-8-4-5-9(16-7-8)12(13,14)15/h4-5,7H,2-3,6H2,1H3,(H,17,21)(H,19,20). The summed E-state index contributed by atoms with van der Waals surface area (Å²) in [4.78, 5) is 26.5. The van der Waals surface area contributed by atoms with Crippen LogP contribution in [-0.4, -0.2) is 40.6 Å². The first kappa shape index (κ1) is 16.7. The minimum atomic E-state index is -4.53. The van der Waals surface area contributed by atoms with Crippen molar-refractivity contribution in [3.8, 4) is 0 Å². The van der Waals surface area contributed by atoms with E-state index in [0.717, 1.165) is 18.3 Å². The fourth-order valence-electron chi connectivity index (χ4n) is 1.42. The van der Waals surface area contributed by atoms with Gasteiger partial charge in [0.05, 0.1) is 11.9 Å². The Kier molecular flexibility index (Phi) is 5.51. The smallest absolute Gasteiger partial charge is 0.433 e. The summed E-state index contributed by atoms with van der Waals surface area (Å²) in [6, 6.07) is 1.31. The Balaban J connectivity index is 2.52. The third kappa shape index (κ3) is 5.67. The Morgan fingerprint density at radius 2 is 2.05 bits per heavy atom. The van der Waals surface area contributed by atoms with Gasteiger partial charge in [-0.05, 0) is 18.6 Å². The molecule has 0 aromatic carbocycles. The van der Waals surface area contributed by atoms with Crippen LogP contribution in [-0.2, 0) is 11.0 Å². The second-order valence-corrected chi connectivity index (χ2v) is 4.28. The number of carboxylic acid groups (broad SMARTS) is 1. The van der Waals surface area contributed by atoms with Crippen LogP contribution in [0, 0.1) is 0 Å². The fourth-order valence-corrected chi connectivity index (χ4v) is 1.42. The van der Waals surface area contributed by atoms with Gasteiger partial charge in [0.2, 0.25) is 0 Å². The molecule has 0 bridgehead atoms. The molecule has 0 radical (unpaired) electrons. The van der Waals surface area contributed by atoms with Gasteiger partial charge in [-0.3, -0.25) is 4.79 Å². The van der Waals surface area contributed by atoms with Gasteiger partial charge < -0.3 is 15.3 Å². The Morgan fingerprint density at radius 3 is 2.52 bits per heavy atom. The van der Waals surface area contributed by atoms with Crippen LogP contribution in [0.2, 0.25) is 0 Å². The number of aromatic nitrogens is 1. The van der Waals surface area contributed by atoms with E-state index in [1.807, 2.05) is 0 Å². The number of rotatable bonds is 5. The monoisotopic (exact) mass is 305 g/mol. The number of halogens is 3. The second kappa shape index (κ2) is 6.91. The largest absolute Gasteiger partial charge is 0.481 e. The number of carbonyl (C=O) groups is 2. The van der Waals surface area contributed by atoms with Crippen molar-refractivity contribution in [3.05, 3.63) is 24.0 Å². The van der Waals surface area contributed by atoms with E-state index in [1.165, 1.54) is 11.9 Å². The van der Waals surface area contributed by atoms with Gasteiger partial charge in [0.15, 0.2) is 0 Å². The molecule has 0 unspecified atom stereocenters. The van der Waals surface area contributed by atoms with Crippen molar-refractivity contribution in [1.82, 2.24) is 9.88 Å². The van der Waals surface area contributed by atoms with Crippen LogP contribution >= 0.6 is 0 Å². The zero-order valence-electron chi connectivity index (χ0n) is 11.1. The van der Waals surface area contributed by atoms with E-state index >= 15 is 0 Å². The molecule has 0 aliphatic heterocycles. The summed E-state index contributed by atoms with van der Waals surface area (Å²) in [7, 11) is 1.45. The lowest BCUT2D eigenvalue weighted by molar-refractivity contribution is -0.141. The Bertz CT molecular complexity index is 503. The number of nitrogens with one attached hydrogen (secondary N) is 1. The average Bonchev–Trinajstić information content (AvgIpc) is 2.37.